The quantitative estimate of drug-likeness (QED) is 0.807. The van der Waals surface area contributed by atoms with Crippen LogP contribution in [-0.2, 0) is 4.79 Å². The van der Waals surface area contributed by atoms with Crippen LogP contribution in [0.1, 0.15) is 73.5 Å². The predicted octanol–water partition coefficient (Wildman–Crippen LogP) is 4.85. The van der Waals surface area contributed by atoms with Gasteiger partial charge in [-0.2, -0.15) is 5.10 Å². The Morgan fingerprint density at radius 1 is 1.14 bits per heavy atom. The first-order valence-corrected chi connectivity index (χ1v) is 10.8. The predicted molar refractivity (Wildman–Crippen MR) is 112 cm³/mol. The number of aryl methyl sites for hydroxylation is 1. The van der Waals surface area contributed by atoms with E-state index in [1.807, 2.05) is 11.6 Å². The molecule has 0 radical (unpaired) electrons. The maximum absolute atomic E-state index is 12.9. The molecule has 28 heavy (non-hydrogen) atoms. The highest BCUT2D eigenvalue weighted by molar-refractivity contribution is 5.77. The molecule has 4 rings (SSSR count). The average molecular weight is 380 g/mol. The lowest BCUT2D eigenvalue weighted by atomic mass is 9.53. The summed E-state index contributed by atoms with van der Waals surface area (Å²) in [5.41, 5.74) is 4.83. The Morgan fingerprint density at radius 2 is 1.82 bits per heavy atom. The number of amides is 1. The summed E-state index contributed by atoms with van der Waals surface area (Å²) < 4.78 is 2.02. The van der Waals surface area contributed by atoms with Crippen LogP contribution in [0.2, 0.25) is 0 Å². The first-order chi connectivity index (χ1) is 13.5. The van der Waals surface area contributed by atoms with E-state index >= 15 is 0 Å². The van der Waals surface area contributed by atoms with Crippen molar-refractivity contribution in [2.45, 2.75) is 77.8 Å². The minimum atomic E-state index is 0.0739. The zero-order valence-electron chi connectivity index (χ0n) is 17.6. The molecular formula is C24H33N3O. The molecule has 0 bridgehead atoms. The first-order valence-electron chi connectivity index (χ1n) is 10.8. The molecule has 0 unspecified atom stereocenters. The Kier molecular flexibility index (Phi) is 5.31. The molecule has 0 spiro atoms. The highest BCUT2D eigenvalue weighted by Gasteiger charge is 2.51. The number of rotatable bonds is 5. The summed E-state index contributed by atoms with van der Waals surface area (Å²) in [4.78, 5) is 12.9. The molecule has 1 aromatic carbocycles. The first kappa shape index (κ1) is 19.2. The molecule has 1 aromatic heterocycles. The third-order valence-corrected chi connectivity index (χ3v) is 7.28. The summed E-state index contributed by atoms with van der Waals surface area (Å²) in [6.07, 6.45) is 5.68. The fourth-order valence-electron chi connectivity index (χ4n) is 5.57. The van der Waals surface area contributed by atoms with E-state index in [0.717, 1.165) is 17.3 Å². The van der Waals surface area contributed by atoms with E-state index in [9.17, 15) is 4.79 Å². The van der Waals surface area contributed by atoms with Gasteiger partial charge in [-0.25, -0.2) is 0 Å². The van der Waals surface area contributed by atoms with Gasteiger partial charge in [0.2, 0.25) is 5.91 Å². The van der Waals surface area contributed by atoms with Gasteiger partial charge in [0.1, 0.15) is 0 Å². The van der Waals surface area contributed by atoms with Gasteiger partial charge in [0.05, 0.1) is 11.7 Å². The number of nitrogens with zero attached hydrogens (tertiary/aromatic N) is 2. The summed E-state index contributed by atoms with van der Waals surface area (Å²) >= 11 is 0. The lowest BCUT2D eigenvalue weighted by molar-refractivity contribution is -0.125. The van der Waals surface area contributed by atoms with Crippen molar-refractivity contribution in [2.75, 3.05) is 0 Å². The van der Waals surface area contributed by atoms with Crippen LogP contribution < -0.4 is 5.32 Å². The minimum absolute atomic E-state index is 0.0739. The molecule has 1 N–H and O–H groups in total. The Hall–Kier alpha value is -2.10. The Morgan fingerprint density at radius 3 is 2.46 bits per heavy atom. The lowest BCUT2D eigenvalue weighted by Crippen LogP contribution is -2.59. The molecule has 2 fully saturated rings. The van der Waals surface area contributed by atoms with Gasteiger partial charge < -0.3 is 5.32 Å². The topological polar surface area (TPSA) is 46.9 Å². The zero-order chi connectivity index (χ0) is 19.8. The van der Waals surface area contributed by atoms with E-state index in [1.165, 1.54) is 36.8 Å². The van der Waals surface area contributed by atoms with Gasteiger partial charge in [-0.15, -0.1) is 0 Å². The molecule has 1 heterocycles. The Labute approximate surface area is 168 Å². The van der Waals surface area contributed by atoms with Crippen molar-refractivity contribution in [3.63, 3.8) is 0 Å². The van der Waals surface area contributed by atoms with Crippen molar-refractivity contribution in [1.82, 2.24) is 15.1 Å². The van der Waals surface area contributed by atoms with Crippen LogP contribution in [0.25, 0.3) is 0 Å². The molecule has 150 valence electrons. The van der Waals surface area contributed by atoms with Gasteiger partial charge in [-0.3, -0.25) is 9.48 Å². The van der Waals surface area contributed by atoms with Crippen molar-refractivity contribution in [3.05, 3.63) is 52.8 Å². The lowest BCUT2D eigenvalue weighted by Gasteiger charge is -2.55. The molecule has 4 heteroatoms. The van der Waals surface area contributed by atoms with Gasteiger partial charge in [0, 0.05) is 24.1 Å². The van der Waals surface area contributed by atoms with E-state index in [0.29, 0.717) is 18.3 Å². The van der Waals surface area contributed by atoms with Crippen LogP contribution in [0.4, 0.5) is 0 Å². The van der Waals surface area contributed by atoms with Gasteiger partial charge in [-0.1, -0.05) is 43.2 Å². The molecule has 2 aliphatic carbocycles. The molecule has 4 nitrogen and oxygen atoms in total. The van der Waals surface area contributed by atoms with Crippen molar-refractivity contribution in [1.29, 1.82) is 0 Å². The maximum Gasteiger partial charge on any atom is 0.222 e. The normalized spacial score (nSPS) is 27.6. The van der Waals surface area contributed by atoms with Crippen molar-refractivity contribution in [3.8, 4) is 0 Å². The molecule has 0 saturated heterocycles. The second-order valence-electron chi connectivity index (χ2n) is 8.94. The molecular weight excluding hydrogens is 346 g/mol. The minimum Gasteiger partial charge on any atom is -0.352 e. The third-order valence-electron chi connectivity index (χ3n) is 7.28. The second-order valence-corrected chi connectivity index (χ2v) is 8.94. The number of benzene rings is 1. The summed E-state index contributed by atoms with van der Waals surface area (Å²) in [5, 5.41) is 8.07. The third kappa shape index (κ3) is 3.38. The van der Waals surface area contributed by atoms with E-state index in [4.69, 9.17) is 0 Å². The highest BCUT2D eigenvalue weighted by Crippen LogP contribution is 2.54. The van der Waals surface area contributed by atoms with Gasteiger partial charge >= 0.3 is 0 Å². The summed E-state index contributed by atoms with van der Waals surface area (Å²) in [7, 11) is 0. The maximum atomic E-state index is 12.9. The number of hydrogen-bond acceptors (Lipinski definition) is 2. The van der Waals surface area contributed by atoms with E-state index in [2.05, 4.69) is 61.5 Å². The Bertz CT molecular complexity index is 841. The number of fused-ring (bicyclic) bond motifs is 1. The SMILES string of the molecule is Cc1nn([C@H](C)CC(=O)N[C@H]2[C@@H]3CCCC[C@@H]3[C@@H]2c2ccccc2)c(C)c1C. The van der Waals surface area contributed by atoms with Crippen molar-refractivity contribution >= 4 is 5.91 Å². The standard InChI is InChI=1S/C24H33N3O/c1-15(27-18(4)16(2)17(3)26-27)14-22(28)25-24-21-13-9-8-12-20(21)23(24)19-10-6-5-7-11-19/h5-7,10-11,15,20-21,23-24H,8-9,12-14H2,1-4H3,(H,25,28)/t15-,20+,21-,23+,24+/m1/s1. The fraction of sp³-hybridized carbons (Fsp3) is 0.583. The smallest absolute Gasteiger partial charge is 0.222 e. The van der Waals surface area contributed by atoms with E-state index in [1.54, 1.807) is 0 Å². The average Bonchev–Trinajstić information content (AvgIpc) is 2.95. The summed E-state index contributed by atoms with van der Waals surface area (Å²) in [6.45, 7) is 8.32. The molecule has 0 aliphatic heterocycles. The van der Waals surface area contributed by atoms with Crippen LogP contribution in [0, 0.1) is 32.6 Å². The Balaban J connectivity index is 1.45. The zero-order valence-corrected chi connectivity index (χ0v) is 17.6. The number of hydrogen-bond donors (Lipinski definition) is 1. The number of nitrogens with one attached hydrogen (secondary N) is 1. The van der Waals surface area contributed by atoms with Crippen LogP contribution in [0.3, 0.4) is 0 Å². The van der Waals surface area contributed by atoms with Gasteiger partial charge in [0.15, 0.2) is 0 Å². The molecule has 5 atom stereocenters. The van der Waals surface area contributed by atoms with E-state index in [-0.39, 0.29) is 18.0 Å². The van der Waals surface area contributed by atoms with Crippen LogP contribution in [-0.4, -0.2) is 21.7 Å². The van der Waals surface area contributed by atoms with Crippen molar-refractivity contribution in [2.24, 2.45) is 11.8 Å². The molecule has 2 aliphatic rings. The fourth-order valence-corrected chi connectivity index (χ4v) is 5.57. The molecule has 2 aromatic rings. The van der Waals surface area contributed by atoms with Crippen molar-refractivity contribution < 1.29 is 4.79 Å². The second kappa shape index (κ2) is 7.73. The summed E-state index contributed by atoms with van der Waals surface area (Å²) in [6, 6.07) is 11.1. The number of carbonyl (C=O) groups excluding carboxylic acids is 1. The molecule has 1 amide bonds. The number of aromatic nitrogens is 2. The van der Waals surface area contributed by atoms with Gasteiger partial charge in [-0.05, 0) is 63.5 Å². The highest BCUT2D eigenvalue weighted by atomic mass is 16.1. The number of carbonyl (C=O) groups is 1. The van der Waals surface area contributed by atoms with E-state index < -0.39 is 0 Å². The summed E-state index contributed by atoms with van der Waals surface area (Å²) in [5.74, 6) is 2.01. The van der Waals surface area contributed by atoms with Crippen LogP contribution in [0.5, 0.6) is 0 Å². The largest absolute Gasteiger partial charge is 0.352 e. The molecule has 2 saturated carbocycles. The van der Waals surface area contributed by atoms with Gasteiger partial charge in [0.25, 0.3) is 0 Å². The van der Waals surface area contributed by atoms with Crippen LogP contribution >= 0.6 is 0 Å². The van der Waals surface area contributed by atoms with Crippen LogP contribution in [0.15, 0.2) is 30.3 Å². The monoisotopic (exact) mass is 379 g/mol.